The molecule has 2 saturated carbocycles. The molecule has 0 radical (unpaired) electrons. The molecule has 19 heavy (non-hydrogen) atoms. The predicted octanol–water partition coefficient (Wildman–Crippen LogP) is 3.61. The first kappa shape index (κ1) is 14.0. The van der Waals surface area contributed by atoms with E-state index in [1.165, 1.54) is 37.0 Å². The maximum absolute atomic E-state index is 12.3. The second-order valence-electron chi connectivity index (χ2n) is 5.81. The molecule has 0 unspecified atom stereocenters. The molecule has 2 fully saturated rings. The zero-order chi connectivity index (χ0) is 13.6. The van der Waals surface area contributed by atoms with Crippen LogP contribution in [0, 0.1) is 17.8 Å². The highest BCUT2D eigenvalue weighted by atomic mass is 79.9. The smallest absolute Gasteiger partial charge is 0.207 e. The minimum Gasteiger partial charge on any atom is -0.207 e. The van der Waals surface area contributed by atoms with Gasteiger partial charge in [0.25, 0.3) is 0 Å². The van der Waals surface area contributed by atoms with Crippen LogP contribution in [0.25, 0.3) is 0 Å². The molecule has 106 valence electrons. The quantitative estimate of drug-likeness (QED) is 0.887. The lowest BCUT2D eigenvalue weighted by molar-refractivity contribution is 0.280. The van der Waals surface area contributed by atoms with Crippen LogP contribution in [0.3, 0.4) is 0 Å². The maximum Gasteiger partial charge on any atom is 0.250 e. The van der Waals surface area contributed by atoms with Crippen molar-refractivity contribution in [1.82, 2.24) is 4.72 Å². The third kappa shape index (κ3) is 2.77. The van der Waals surface area contributed by atoms with E-state index >= 15 is 0 Å². The first-order valence-corrected chi connectivity index (χ1v) is 9.82. The Bertz CT molecular complexity index is 569. The van der Waals surface area contributed by atoms with Gasteiger partial charge in [0.1, 0.15) is 4.21 Å². The van der Waals surface area contributed by atoms with Gasteiger partial charge in [-0.15, -0.1) is 11.3 Å². The third-order valence-corrected chi connectivity index (χ3v) is 8.26. The minimum atomic E-state index is -3.35. The van der Waals surface area contributed by atoms with Gasteiger partial charge in [0.15, 0.2) is 0 Å². The summed E-state index contributed by atoms with van der Waals surface area (Å²) < 4.78 is 28.7. The molecule has 3 nitrogen and oxygen atoms in total. The largest absolute Gasteiger partial charge is 0.250 e. The van der Waals surface area contributed by atoms with Crippen molar-refractivity contribution < 1.29 is 8.42 Å². The van der Waals surface area contributed by atoms with E-state index in [1.54, 1.807) is 12.1 Å². The monoisotopic (exact) mass is 363 g/mol. The van der Waals surface area contributed by atoms with Gasteiger partial charge < -0.3 is 0 Å². The molecule has 2 aliphatic carbocycles. The van der Waals surface area contributed by atoms with Gasteiger partial charge in [-0.1, -0.05) is 6.42 Å². The highest BCUT2D eigenvalue weighted by molar-refractivity contribution is 9.11. The normalized spacial score (nSPS) is 31.8. The summed E-state index contributed by atoms with van der Waals surface area (Å²) in [5.41, 5.74) is 0. The molecule has 6 heteroatoms. The lowest BCUT2D eigenvalue weighted by Crippen LogP contribution is -2.39. The average Bonchev–Trinajstić information content (AvgIpc) is 3.02. The van der Waals surface area contributed by atoms with Crippen LogP contribution in [-0.2, 0) is 10.0 Å². The Labute approximate surface area is 127 Å². The maximum atomic E-state index is 12.3. The molecule has 3 rings (SSSR count). The van der Waals surface area contributed by atoms with Crippen LogP contribution in [0.4, 0.5) is 0 Å². The lowest BCUT2D eigenvalue weighted by atomic mass is 9.84. The summed E-state index contributed by atoms with van der Waals surface area (Å²) in [6.07, 6.45) is 5.13. The van der Waals surface area contributed by atoms with E-state index in [4.69, 9.17) is 0 Å². The van der Waals surface area contributed by atoms with Crippen molar-refractivity contribution >= 4 is 37.3 Å². The van der Waals surface area contributed by atoms with E-state index < -0.39 is 10.0 Å². The van der Waals surface area contributed by atoms with Crippen LogP contribution in [0.5, 0.6) is 0 Å². The molecular formula is C13H18BrNO2S2. The second kappa shape index (κ2) is 5.13. The molecular weight excluding hydrogens is 346 g/mol. The molecule has 1 N–H and O–H groups in total. The summed E-state index contributed by atoms with van der Waals surface area (Å²) in [6.45, 7) is 2.02. The Hall–Kier alpha value is 0.0900. The highest BCUT2D eigenvalue weighted by Gasteiger charge is 2.42. The van der Waals surface area contributed by atoms with E-state index in [0.29, 0.717) is 10.1 Å². The van der Waals surface area contributed by atoms with Crippen LogP contribution in [0.15, 0.2) is 20.1 Å². The molecule has 0 amide bonds. The molecule has 0 aliphatic heterocycles. The van der Waals surface area contributed by atoms with Crippen molar-refractivity contribution in [3.05, 3.63) is 15.9 Å². The van der Waals surface area contributed by atoms with Crippen molar-refractivity contribution in [2.24, 2.45) is 17.8 Å². The van der Waals surface area contributed by atoms with E-state index in [-0.39, 0.29) is 6.04 Å². The van der Waals surface area contributed by atoms with E-state index in [2.05, 4.69) is 20.7 Å². The molecule has 4 atom stereocenters. The average molecular weight is 364 g/mol. The van der Waals surface area contributed by atoms with Gasteiger partial charge in [-0.2, -0.15) is 0 Å². The standard InChI is InChI=1S/C13H18BrNO2S2/c1-8(11-7-9-2-3-10(11)6-9)15-19(16,17)13-5-4-12(14)18-13/h4-5,8-11,15H,2-3,6-7H2,1H3/t8-,9-,10-,11-/m1/s1. The van der Waals surface area contributed by atoms with Crippen LogP contribution in [0.1, 0.15) is 32.6 Å². The zero-order valence-corrected chi connectivity index (χ0v) is 14.0. The Balaban J connectivity index is 1.71. The van der Waals surface area contributed by atoms with Crippen LogP contribution >= 0.6 is 27.3 Å². The topological polar surface area (TPSA) is 46.2 Å². The predicted molar refractivity (Wildman–Crippen MR) is 80.7 cm³/mol. The van der Waals surface area contributed by atoms with Gasteiger partial charge in [-0.25, -0.2) is 13.1 Å². The number of nitrogens with one attached hydrogen (secondary N) is 1. The number of rotatable bonds is 4. The number of hydrogen-bond acceptors (Lipinski definition) is 3. The van der Waals surface area contributed by atoms with Crippen molar-refractivity contribution in [1.29, 1.82) is 0 Å². The SMILES string of the molecule is C[C@@H](NS(=O)(=O)c1ccc(Br)s1)[C@H]1C[C@@H]2CC[C@@H]1C2. The van der Waals surface area contributed by atoms with E-state index in [1.807, 2.05) is 6.92 Å². The Kier molecular flexibility index (Phi) is 3.79. The van der Waals surface area contributed by atoms with Gasteiger partial charge in [-0.05, 0) is 72.0 Å². The van der Waals surface area contributed by atoms with Gasteiger partial charge in [0.05, 0.1) is 3.79 Å². The van der Waals surface area contributed by atoms with Crippen LogP contribution in [-0.4, -0.2) is 14.5 Å². The molecule has 2 aliphatic rings. The van der Waals surface area contributed by atoms with Crippen molar-refractivity contribution in [3.8, 4) is 0 Å². The van der Waals surface area contributed by atoms with E-state index in [0.717, 1.165) is 15.6 Å². The Morgan fingerprint density at radius 2 is 2.16 bits per heavy atom. The lowest BCUT2D eigenvalue weighted by Gasteiger charge is -2.28. The van der Waals surface area contributed by atoms with Crippen molar-refractivity contribution in [3.63, 3.8) is 0 Å². The van der Waals surface area contributed by atoms with Crippen LogP contribution < -0.4 is 4.72 Å². The molecule has 0 saturated heterocycles. The fraction of sp³-hybridized carbons (Fsp3) is 0.692. The second-order valence-corrected chi connectivity index (χ2v) is 10.2. The summed E-state index contributed by atoms with van der Waals surface area (Å²) in [5, 5.41) is 0. The molecule has 2 bridgehead atoms. The Morgan fingerprint density at radius 3 is 2.68 bits per heavy atom. The zero-order valence-electron chi connectivity index (χ0n) is 10.8. The summed E-state index contributed by atoms with van der Waals surface area (Å²) in [6, 6.07) is 3.48. The van der Waals surface area contributed by atoms with Crippen molar-refractivity contribution in [2.75, 3.05) is 0 Å². The van der Waals surface area contributed by atoms with Gasteiger partial charge in [-0.3, -0.25) is 0 Å². The summed E-state index contributed by atoms with van der Waals surface area (Å²) in [4.78, 5) is 0. The van der Waals surface area contributed by atoms with E-state index in [9.17, 15) is 8.42 Å². The van der Waals surface area contributed by atoms with Gasteiger partial charge in [0, 0.05) is 6.04 Å². The fourth-order valence-corrected chi connectivity index (χ4v) is 7.06. The molecule has 0 spiro atoms. The molecule has 0 aromatic carbocycles. The number of sulfonamides is 1. The molecule has 1 heterocycles. The number of hydrogen-bond donors (Lipinski definition) is 1. The number of fused-ring (bicyclic) bond motifs is 2. The first-order valence-electron chi connectivity index (χ1n) is 6.73. The third-order valence-electron chi connectivity index (χ3n) is 4.59. The Morgan fingerprint density at radius 1 is 1.37 bits per heavy atom. The fourth-order valence-electron chi connectivity index (χ4n) is 3.74. The summed E-state index contributed by atoms with van der Waals surface area (Å²) >= 11 is 4.57. The van der Waals surface area contributed by atoms with Gasteiger partial charge in [0.2, 0.25) is 10.0 Å². The minimum absolute atomic E-state index is 0.0428. The highest BCUT2D eigenvalue weighted by Crippen LogP contribution is 2.49. The number of halogens is 1. The van der Waals surface area contributed by atoms with Gasteiger partial charge >= 0.3 is 0 Å². The molecule has 1 aromatic rings. The van der Waals surface area contributed by atoms with Crippen LogP contribution in [0.2, 0.25) is 0 Å². The summed E-state index contributed by atoms with van der Waals surface area (Å²) in [5.74, 6) is 2.10. The first-order chi connectivity index (χ1) is 8.95. The van der Waals surface area contributed by atoms with Crippen molar-refractivity contribution in [2.45, 2.75) is 42.9 Å². The molecule has 1 aromatic heterocycles. The summed E-state index contributed by atoms with van der Waals surface area (Å²) in [7, 11) is -3.35. The number of thiophene rings is 1.